The van der Waals surface area contributed by atoms with Crippen LogP contribution in [0.3, 0.4) is 0 Å². The van der Waals surface area contributed by atoms with Crippen molar-refractivity contribution in [2.75, 3.05) is 13.2 Å². The second kappa shape index (κ2) is 13.0. The van der Waals surface area contributed by atoms with Gasteiger partial charge in [-0.05, 0) is 46.4 Å². The molecule has 4 rings (SSSR count). The van der Waals surface area contributed by atoms with Crippen molar-refractivity contribution < 1.29 is 22.6 Å². The molecule has 0 unspecified atom stereocenters. The van der Waals surface area contributed by atoms with E-state index in [0.29, 0.717) is 26.0 Å². The van der Waals surface area contributed by atoms with Gasteiger partial charge in [-0.3, -0.25) is 0 Å². The molecular weight excluding hydrogens is 487 g/mol. The average Bonchev–Trinajstić information content (AvgIpc) is 2.93. The smallest absolute Gasteiger partial charge is 0.496 e. The number of halogens is 3. The number of allylic oxidation sites excluding steroid dienone is 2. The van der Waals surface area contributed by atoms with E-state index >= 15 is 0 Å². The number of nitrogens with two attached hydrogens (primary N) is 1. The van der Waals surface area contributed by atoms with E-state index in [9.17, 15) is 13.2 Å². The predicted molar refractivity (Wildman–Crippen MR) is 145 cm³/mol. The van der Waals surface area contributed by atoms with E-state index in [1.807, 2.05) is 60.7 Å². The molecule has 0 spiro atoms. The van der Waals surface area contributed by atoms with Crippen LogP contribution in [-0.2, 0) is 17.6 Å². The molecule has 0 amide bonds. The summed E-state index contributed by atoms with van der Waals surface area (Å²) in [5.74, 6) is 0.635. The van der Waals surface area contributed by atoms with Gasteiger partial charge in [0, 0.05) is 25.0 Å². The molecule has 4 aromatic rings. The minimum atomic E-state index is -4.73. The van der Waals surface area contributed by atoms with Crippen LogP contribution in [0.1, 0.15) is 23.1 Å². The Morgan fingerprint density at radius 2 is 1.37 bits per heavy atom. The van der Waals surface area contributed by atoms with Crippen molar-refractivity contribution >= 4 is 5.57 Å². The van der Waals surface area contributed by atoms with E-state index in [1.165, 1.54) is 17.7 Å². The number of ether oxygens (including phenoxy) is 2. The maximum atomic E-state index is 12.6. The second-order valence-electron chi connectivity index (χ2n) is 8.80. The van der Waals surface area contributed by atoms with Gasteiger partial charge in [-0.25, -0.2) is 0 Å². The summed E-state index contributed by atoms with van der Waals surface area (Å²) < 4.78 is 48.2. The summed E-state index contributed by atoms with van der Waals surface area (Å²) in [7, 11) is 0. The summed E-state index contributed by atoms with van der Waals surface area (Å²) in [5, 5.41) is 0. The molecule has 0 heterocycles. The van der Waals surface area contributed by atoms with Crippen molar-refractivity contribution in [1.29, 1.82) is 0 Å². The van der Waals surface area contributed by atoms with Crippen molar-refractivity contribution in [3.8, 4) is 16.9 Å². The minimum absolute atomic E-state index is 0.248. The third-order valence-corrected chi connectivity index (χ3v) is 6.12. The van der Waals surface area contributed by atoms with Crippen molar-refractivity contribution in [2.45, 2.75) is 25.6 Å². The molecule has 6 heteroatoms. The third-order valence-electron chi connectivity index (χ3n) is 6.12. The highest BCUT2D eigenvalue weighted by Crippen LogP contribution is 2.33. The van der Waals surface area contributed by atoms with Gasteiger partial charge in [-0.1, -0.05) is 97.1 Å². The lowest BCUT2D eigenvalue weighted by Gasteiger charge is -2.19. The standard InChI is InChI=1S/C32H30F3NO2/c33-32(34,35)38-28-18-16-26(17-19-28)29-14-8-7-13-27(29)23-30(25-11-5-2-6-12-25)31(37-22-21-36)20-15-24-9-3-1-4-10-24/h1-14,16-19H,15,20-23,36H2. The first-order chi connectivity index (χ1) is 18.4. The minimum Gasteiger partial charge on any atom is -0.496 e. The van der Waals surface area contributed by atoms with Crippen LogP contribution in [0.25, 0.3) is 16.7 Å². The Hall–Kier alpha value is -4.03. The van der Waals surface area contributed by atoms with E-state index in [1.54, 1.807) is 12.1 Å². The van der Waals surface area contributed by atoms with E-state index in [4.69, 9.17) is 10.5 Å². The van der Waals surface area contributed by atoms with Crippen LogP contribution >= 0.6 is 0 Å². The zero-order chi connectivity index (χ0) is 26.8. The molecule has 0 atom stereocenters. The van der Waals surface area contributed by atoms with Crippen LogP contribution < -0.4 is 10.5 Å². The van der Waals surface area contributed by atoms with Gasteiger partial charge in [0.15, 0.2) is 0 Å². The number of rotatable bonds is 11. The molecule has 0 fully saturated rings. The van der Waals surface area contributed by atoms with E-state index in [0.717, 1.165) is 40.0 Å². The molecule has 38 heavy (non-hydrogen) atoms. The maximum absolute atomic E-state index is 12.6. The number of hydrogen-bond donors (Lipinski definition) is 1. The molecule has 196 valence electrons. The van der Waals surface area contributed by atoms with Crippen LogP contribution in [-0.4, -0.2) is 19.5 Å². The van der Waals surface area contributed by atoms with E-state index in [-0.39, 0.29) is 5.75 Å². The molecule has 0 aliphatic carbocycles. The first-order valence-corrected chi connectivity index (χ1v) is 12.5. The fourth-order valence-electron chi connectivity index (χ4n) is 4.38. The Morgan fingerprint density at radius 1 is 0.737 bits per heavy atom. The van der Waals surface area contributed by atoms with Crippen LogP contribution in [0.5, 0.6) is 5.75 Å². The first-order valence-electron chi connectivity index (χ1n) is 12.5. The lowest BCUT2D eigenvalue weighted by Crippen LogP contribution is -2.16. The first kappa shape index (κ1) is 27.0. The molecule has 0 radical (unpaired) electrons. The Kier molecular flexibility index (Phi) is 9.22. The molecule has 0 bridgehead atoms. The lowest BCUT2D eigenvalue weighted by molar-refractivity contribution is -0.274. The summed E-state index contributed by atoms with van der Waals surface area (Å²) in [6.45, 7) is 0.808. The van der Waals surface area contributed by atoms with Crippen molar-refractivity contribution in [3.63, 3.8) is 0 Å². The molecule has 0 aliphatic rings. The predicted octanol–water partition coefficient (Wildman–Crippen LogP) is 7.81. The molecule has 0 aromatic heterocycles. The zero-order valence-electron chi connectivity index (χ0n) is 21.0. The Balaban J connectivity index is 1.70. The van der Waals surface area contributed by atoms with Gasteiger partial charge in [0.25, 0.3) is 0 Å². The summed E-state index contributed by atoms with van der Waals surface area (Å²) in [6, 6.07) is 34.2. The van der Waals surface area contributed by atoms with E-state index < -0.39 is 6.36 Å². The van der Waals surface area contributed by atoms with Gasteiger partial charge >= 0.3 is 6.36 Å². The number of hydrogen-bond acceptors (Lipinski definition) is 3. The molecule has 0 aliphatic heterocycles. The topological polar surface area (TPSA) is 44.5 Å². The number of aryl methyl sites for hydroxylation is 1. The van der Waals surface area contributed by atoms with Crippen LogP contribution in [0, 0.1) is 0 Å². The monoisotopic (exact) mass is 517 g/mol. The molecule has 2 N–H and O–H groups in total. The van der Waals surface area contributed by atoms with Crippen LogP contribution in [0.2, 0.25) is 0 Å². The van der Waals surface area contributed by atoms with Gasteiger partial charge in [-0.15, -0.1) is 13.2 Å². The summed E-state index contributed by atoms with van der Waals surface area (Å²) in [4.78, 5) is 0. The molecule has 3 nitrogen and oxygen atoms in total. The van der Waals surface area contributed by atoms with Gasteiger partial charge in [0.1, 0.15) is 11.5 Å². The summed E-state index contributed by atoms with van der Waals surface area (Å²) in [5.41, 5.74) is 11.9. The Morgan fingerprint density at radius 3 is 2.03 bits per heavy atom. The average molecular weight is 518 g/mol. The number of benzene rings is 4. The third kappa shape index (κ3) is 7.73. The van der Waals surface area contributed by atoms with Crippen LogP contribution in [0.4, 0.5) is 13.2 Å². The lowest BCUT2D eigenvalue weighted by atomic mass is 9.90. The highest BCUT2D eigenvalue weighted by atomic mass is 19.4. The van der Waals surface area contributed by atoms with Gasteiger partial charge in [0.05, 0.1) is 6.61 Å². The molecule has 0 saturated heterocycles. The Bertz CT molecular complexity index is 1320. The van der Waals surface area contributed by atoms with E-state index in [2.05, 4.69) is 29.0 Å². The van der Waals surface area contributed by atoms with Crippen molar-refractivity contribution in [2.24, 2.45) is 5.73 Å². The van der Waals surface area contributed by atoms with Gasteiger partial charge in [-0.2, -0.15) is 0 Å². The van der Waals surface area contributed by atoms with Crippen LogP contribution in [0.15, 0.2) is 115 Å². The molecular formula is C32H30F3NO2. The molecule has 0 saturated carbocycles. The SMILES string of the molecule is NCCOC(CCc1ccccc1)=C(Cc1ccccc1-c1ccc(OC(F)(F)F)cc1)c1ccccc1. The number of alkyl halides is 3. The fourth-order valence-corrected chi connectivity index (χ4v) is 4.38. The normalized spacial score (nSPS) is 12.1. The Labute approximate surface area is 221 Å². The van der Waals surface area contributed by atoms with Crippen molar-refractivity contribution in [1.82, 2.24) is 0 Å². The maximum Gasteiger partial charge on any atom is 0.573 e. The zero-order valence-corrected chi connectivity index (χ0v) is 21.0. The largest absolute Gasteiger partial charge is 0.573 e. The van der Waals surface area contributed by atoms with Gasteiger partial charge < -0.3 is 15.2 Å². The molecule has 4 aromatic carbocycles. The fraction of sp³-hybridized carbons (Fsp3) is 0.188. The van der Waals surface area contributed by atoms with Crippen molar-refractivity contribution in [3.05, 3.63) is 132 Å². The highest BCUT2D eigenvalue weighted by molar-refractivity contribution is 5.75. The summed E-state index contributed by atoms with van der Waals surface area (Å²) in [6.07, 6.45) is -2.62. The summed E-state index contributed by atoms with van der Waals surface area (Å²) >= 11 is 0. The second-order valence-corrected chi connectivity index (χ2v) is 8.80. The van der Waals surface area contributed by atoms with Gasteiger partial charge in [0.2, 0.25) is 0 Å². The highest BCUT2D eigenvalue weighted by Gasteiger charge is 2.31. The quantitative estimate of drug-likeness (QED) is 0.206.